The lowest BCUT2D eigenvalue weighted by Gasteiger charge is -2.16. The van der Waals surface area contributed by atoms with E-state index in [1.54, 1.807) is 7.11 Å². The summed E-state index contributed by atoms with van der Waals surface area (Å²) in [5.74, 6) is 1.53. The predicted octanol–water partition coefficient (Wildman–Crippen LogP) is 2.89. The lowest BCUT2D eigenvalue weighted by atomic mass is 10.0. The Morgan fingerprint density at radius 2 is 2.09 bits per heavy atom. The molecular formula is C17H23NO4. The van der Waals surface area contributed by atoms with Crippen LogP contribution in [0, 0.1) is 0 Å². The van der Waals surface area contributed by atoms with E-state index in [0.29, 0.717) is 6.42 Å². The van der Waals surface area contributed by atoms with E-state index >= 15 is 0 Å². The molecule has 2 aliphatic rings. The quantitative estimate of drug-likeness (QED) is 0.878. The summed E-state index contributed by atoms with van der Waals surface area (Å²) >= 11 is 0. The Bertz CT molecular complexity index is 537. The first-order valence-electron chi connectivity index (χ1n) is 7.98. The minimum absolute atomic E-state index is 0.0266. The highest BCUT2D eigenvalue weighted by atomic mass is 16.6. The van der Waals surface area contributed by atoms with Crippen molar-refractivity contribution in [2.75, 3.05) is 13.7 Å². The van der Waals surface area contributed by atoms with E-state index in [0.717, 1.165) is 42.0 Å². The molecule has 1 fully saturated rings. The van der Waals surface area contributed by atoms with Crippen molar-refractivity contribution in [3.63, 3.8) is 0 Å². The Morgan fingerprint density at radius 1 is 1.27 bits per heavy atom. The normalized spacial score (nSPS) is 21.5. The monoisotopic (exact) mass is 305 g/mol. The molecule has 1 aliphatic carbocycles. The van der Waals surface area contributed by atoms with Gasteiger partial charge in [-0.05, 0) is 43.9 Å². The van der Waals surface area contributed by atoms with E-state index in [9.17, 15) is 0 Å². The van der Waals surface area contributed by atoms with Crippen LogP contribution in [-0.2, 0) is 4.84 Å². The summed E-state index contributed by atoms with van der Waals surface area (Å²) in [6.07, 6.45) is 6.26. The number of aliphatic hydroxyl groups is 1. The second-order valence-electron chi connectivity index (χ2n) is 5.87. The van der Waals surface area contributed by atoms with Crippen molar-refractivity contribution in [2.24, 2.45) is 5.16 Å². The van der Waals surface area contributed by atoms with Crippen LogP contribution in [0.5, 0.6) is 11.5 Å². The molecule has 120 valence electrons. The van der Waals surface area contributed by atoms with Gasteiger partial charge in [-0.2, -0.15) is 0 Å². The maximum atomic E-state index is 8.99. The molecule has 0 spiro atoms. The minimum Gasteiger partial charge on any atom is -0.493 e. The average molecular weight is 305 g/mol. The third kappa shape index (κ3) is 3.35. The summed E-state index contributed by atoms with van der Waals surface area (Å²) in [7, 11) is 1.66. The van der Waals surface area contributed by atoms with Gasteiger partial charge in [0, 0.05) is 25.0 Å². The zero-order valence-electron chi connectivity index (χ0n) is 13.0. The lowest BCUT2D eigenvalue weighted by Crippen LogP contribution is -2.13. The van der Waals surface area contributed by atoms with E-state index in [2.05, 4.69) is 5.16 Å². The molecule has 0 saturated heterocycles. The average Bonchev–Trinajstić information content (AvgIpc) is 3.19. The van der Waals surface area contributed by atoms with Crippen LogP contribution in [0.2, 0.25) is 0 Å². The van der Waals surface area contributed by atoms with Gasteiger partial charge in [-0.1, -0.05) is 5.16 Å². The minimum atomic E-state index is -0.0266. The summed E-state index contributed by atoms with van der Waals surface area (Å²) in [6, 6.07) is 5.88. The highest BCUT2D eigenvalue weighted by Gasteiger charge is 2.24. The second-order valence-corrected chi connectivity index (χ2v) is 5.87. The Labute approximate surface area is 130 Å². The molecule has 0 amide bonds. The van der Waals surface area contributed by atoms with E-state index in [-0.39, 0.29) is 18.8 Å². The van der Waals surface area contributed by atoms with Crippen molar-refractivity contribution in [3.8, 4) is 11.5 Å². The molecule has 1 aliphatic heterocycles. The standard InChI is InChI=1S/C17H23NO4/c1-20-16-7-6-12(15-11-14(8-9-19)22-18-15)10-17(16)21-13-4-2-3-5-13/h6-7,10,13-14,19H,2-5,8-9,11H2,1H3. The van der Waals surface area contributed by atoms with Gasteiger partial charge in [0.15, 0.2) is 11.5 Å². The summed E-state index contributed by atoms with van der Waals surface area (Å²) in [6.45, 7) is 0.117. The van der Waals surface area contributed by atoms with Crippen LogP contribution >= 0.6 is 0 Å². The van der Waals surface area contributed by atoms with E-state index < -0.39 is 0 Å². The van der Waals surface area contributed by atoms with Gasteiger partial charge < -0.3 is 19.4 Å². The van der Waals surface area contributed by atoms with Crippen LogP contribution in [0.1, 0.15) is 44.1 Å². The molecule has 0 aromatic heterocycles. The Balaban J connectivity index is 1.75. The van der Waals surface area contributed by atoms with Crippen LogP contribution in [0.4, 0.5) is 0 Å². The van der Waals surface area contributed by atoms with Gasteiger partial charge in [-0.15, -0.1) is 0 Å². The molecule has 1 aromatic rings. The SMILES string of the molecule is COc1ccc(C2=NOC(CCO)C2)cc1OC1CCCC1. The highest BCUT2D eigenvalue weighted by molar-refractivity contribution is 6.01. The number of oxime groups is 1. The van der Waals surface area contributed by atoms with Gasteiger partial charge in [-0.3, -0.25) is 0 Å². The van der Waals surface area contributed by atoms with Gasteiger partial charge in [0.25, 0.3) is 0 Å². The van der Waals surface area contributed by atoms with Gasteiger partial charge in [0.2, 0.25) is 0 Å². The highest BCUT2D eigenvalue weighted by Crippen LogP contribution is 2.33. The fourth-order valence-electron chi connectivity index (χ4n) is 3.03. The molecular weight excluding hydrogens is 282 g/mol. The van der Waals surface area contributed by atoms with Crippen molar-refractivity contribution in [3.05, 3.63) is 23.8 Å². The summed E-state index contributed by atoms with van der Waals surface area (Å²) < 4.78 is 11.5. The molecule has 0 radical (unpaired) electrons. The van der Waals surface area contributed by atoms with Crippen LogP contribution in [0.25, 0.3) is 0 Å². The number of ether oxygens (including phenoxy) is 2. The van der Waals surface area contributed by atoms with E-state index in [1.165, 1.54) is 12.8 Å². The smallest absolute Gasteiger partial charge is 0.162 e. The van der Waals surface area contributed by atoms with E-state index in [4.69, 9.17) is 19.4 Å². The second kappa shape index (κ2) is 7.01. The molecule has 1 atom stereocenters. The van der Waals surface area contributed by atoms with Gasteiger partial charge >= 0.3 is 0 Å². The zero-order chi connectivity index (χ0) is 15.4. The van der Waals surface area contributed by atoms with Gasteiger partial charge in [0.05, 0.1) is 18.9 Å². The first kappa shape index (κ1) is 15.2. The summed E-state index contributed by atoms with van der Waals surface area (Å²) in [5.41, 5.74) is 1.90. The molecule has 1 heterocycles. The molecule has 1 N–H and O–H groups in total. The van der Waals surface area contributed by atoms with Crippen molar-refractivity contribution >= 4 is 5.71 Å². The van der Waals surface area contributed by atoms with Crippen molar-refractivity contribution < 1.29 is 19.4 Å². The van der Waals surface area contributed by atoms with Gasteiger partial charge in [-0.25, -0.2) is 0 Å². The van der Waals surface area contributed by atoms with Crippen LogP contribution < -0.4 is 9.47 Å². The van der Waals surface area contributed by atoms with Crippen molar-refractivity contribution in [1.29, 1.82) is 0 Å². The molecule has 1 saturated carbocycles. The number of hydrogen-bond acceptors (Lipinski definition) is 5. The number of methoxy groups -OCH3 is 1. The lowest BCUT2D eigenvalue weighted by molar-refractivity contribution is 0.0645. The predicted molar refractivity (Wildman–Crippen MR) is 83.6 cm³/mol. The molecule has 1 aromatic carbocycles. The van der Waals surface area contributed by atoms with Crippen LogP contribution in [0.3, 0.4) is 0 Å². The van der Waals surface area contributed by atoms with Crippen LogP contribution in [0.15, 0.2) is 23.4 Å². The summed E-state index contributed by atoms with van der Waals surface area (Å²) in [4.78, 5) is 5.35. The van der Waals surface area contributed by atoms with Crippen molar-refractivity contribution in [1.82, 2.24) is 0 Å². The van der Waals surface area contributed by atoms with E-state index in [1.807, 2.05) is 18.2 Å². The third-order valence-corrected chi connectivity index (χ3v) is 4.28. The first-order chi connectivity index (χ1) is 10.8. The molecule has 3 rings (SSSR count). The van der Waals surface area contributed by atoms with Crippen LogP contribution in [-0.4, -0.2) is 36.7 Å². The fourth-order valence-corrected chi connectivity index (χ4v) is 3.03. The number of nitrogens with zero attached hydrogens (tertiary/aromatic N) is 1. The number of aliphatic hydroxyl groups excluding tert-OH is 1. The Hall–Kier alpha value is -1.75. The summed E-state index contributed by atoms with van der Waals surface area (Å²) in [5, 5.41) is 13.1. The Kier molecular flexibility index (Phi) is 4.83. The largest absolute Gasteiger partial charge is 0.493 e. The number of benzene rings is 1. The number of rotatable bonds is 6. The molecule has 22 heavy (non-hydrogen) atoms. The fraction of sp³-hybridized carbons (Fsp3) is 0.588. The maximum absolute atomic E-state index is 8.99. The zero-order valence-corrected chi connectivity index (χ0v) is 13.0. The third-order valence-electron chi connectivity index (χ3n) is 4.28. The molecule has 5 nitrogen and oxygen atoms in total. The molecule has 1 unspecified atom stereocenters. The Morgan fingerprint density at radius 3 is 2.82 bits per heavy atom. The molecule has 5 heteroatoms. The van der Waals surface area contributed by atoms with Gasteiger partial charge in [0.1, 0.15) is 6.10 Å². The topological polar surface area (TPSA) is 60.3 Å². The number of hydrogen-bond donors (Lipinski definition) is 1. The maximum Gasteiger partial charge on any atom is 0.162 e. The molecule has 0 bridgehead atoms. The van der Waals surface area contributed by atoms with Crippen molar-refractivity contribution in [2.45, 2.75) is 50.7 Å². The first-order valence-corrected chi connectivity index (χ1v) is 7.98.